The van der Waals surface area contributed by atoms with Crippen LogP contribution in [0.1, 0.15) is 5.56 Å². The average molecular weight is 268 g/mol. The number of rotatable bonds is 4. The molecule has 18 heavy (non-hydrogen) atoms. The molecule has 0 unspecified atom stereocenters. The second-order valence-corrected chi connectivity index (χ2v) is 3.88. The van der Waals surface area contributed by atoms with Crippen molar-refractivity contribution in [2.75, 3.05) is 20.8 Å². The summed E-state index contributed by atoms with van der Waals surface area (Å²) in [7, 11) is 3.33. The lowest BCUT2D eigenvalue weighted by atomic mass is 10.0. The van der Waals surface area contributed by atoms with Crippen molar-refractivity contribution in [3.8, 4) is 11.5 Å². The Balaban J connectivity index is 0.00000162. The van der Waals surface area contributed by atoms with Gasteiger partial charge >= 0.3 is 0 Å². The number of hydrogen-bond donors (Lipinski definition) is 1. The van der Waals surface area contributed by atoms with Crippen LogP contribution >= 0.6 is 12.4 Å². The van der Waals surface area contributed by atoms with E-state index in [-0.39, 0.29) is 12.4 Å². The summed E-state index contributed by atoms with van der Waals surface area (Å²) in [6.07, 6.45) is 0.847. The third-order valence-corrected chi connectivity index (χ3v) is 2.87. The molecule has 0 aromatic heterocycles. The monoisotopic (exact) mass is 267 g/mol. The molecule has 0 radical (unpaired) electrons. The smallest absolute Gasteiger partial charge is 0.130 e. The Morgan fingerprint density at radius 1 is 1.11 bits per heavy atom. The van der Waals surface area contributed by atoms with Crippen molar-refractivity contribution in [2.45, 2.75) is 6.42 Å². The quantitative estimate of drug-likeness (QED) is 0.926. The Hall–Kier alpha value is -1.45. The predicted molar refractivity (Wildman–Crippen MR) is 77.1 cm³/mol. The molecule has 2 aromatic rings. The molecule has 0 aliphatic rings. The van der Waals surface area contributed by atoms with Crippen molar-refractivity contribution in [3.63, 3.8) is 0 Å². The number of hydrogen-bond acceptors (Lipinski definition) is 3. The minimum absolute atomic E-state index is 0. The fourth-order valence-electron chi connectivity index (χ4n) is 2.08. The molecule has 98 valence electrons. The first-order valence-electron chi connectivity index (χ1n) is 5.64. The van der Waals surface area contributed by atoms with Crippen molar-refractivity contribution in [1.29, 1.82) is 0 Å². The fraction of sp³-hybridized carbons (Fsp3) is 0.286. The molecule has 0 spiro atoms. The van der Waals surface area contributed by atoms with Gasteiger partial charge < -0.3 is 15.2 Å². The molecule has 0 amide bonds. The molecule has 0 saturated carbocycles. The van der Waals surface area contributed by atoms with E-state index in [1.165, 1.54) is 5.56 Å². The second kappa shape index (κ2) is 6.47. The van der Waals surface area contributed by atoms with Gasteiger partial charge in [0.25, 0.3) is 0 Å². The lowest BCUT2D eigenvalue weighted by molar-refractivity contribution is 0.398. The van der Waals surface area contributed by atoms with Gasteiger partial charge in [0, 0.05) is 11.5 Å². The van der Waals surface area contributed by atoms with E-state index >= 15 is 0 Å². The minimum atomic E-state index is 0. The first-order chi connectivity index (χ1) is 8.30. The predicted octanol–water partition coefficient (Wildman–Crippen LogP) is 2.78. The zero-order chi connectivity index (χ0) is 12.3. The van der Waals surface area contributed by atoms with Gasteiger partial charge in [-0.1, -0.05) is 18.2 Å². The van der Waals surface area contributed by atoms with Gasteiger partial charge in [-0.2, -0.15) is 0 Å². The Bertz CT molecular complexity index is 528. The van der Waals surface area contributed by atoms with Gasteiger partial charge in [-0.25, -0.2) is 0 Å². The van der Waals surface area contributed by atoms with Crippen LogP contribution in [0.5, 0.6) is 11.5 Å². The zero-order valence-corrected chi connectivity index (χ0v) is 11.4. The summed E-state index contributed by atoms with van der Waals surface area (Å²) in [6, 6.07) is 10.1. The van der Waals surface area contributed by atoms with Crippen LogP contribution in [-0.4, -0.2) is 20.8 Å². The largest absolute Gasteiger partial charge is 0.497 e. The minimum Gasteiger partial charge on any atom is -0.497 e. The van der Waals surface area contributed by atoms with Crippen LogP contribution < -0.4 is 15.2 Å². The van der Waals surface area contributed by atoms with Crippen LogP contribution in [0, 0.1) is 0 Å². The molecule has 0 bridgehead atoms. The van der Waals surface area contributed by atoms with Crippen molar-refractivity contribution < 1.29 is 9.47 Å². The zero-order valence-electron chi connectivity index (χ0n) is 10.6. The molecular formula is C14H18ClNO2. The van der Waals surface area contributed by atoms with Gasteiger partial charge in [0.05, 0.1) is 14.2 Å². The summed E-state index contributed by atoms with van der Waals surface area (Å²) in [5.74, 6) is 1.64. The van der Waals surface area contributed by atoms with Gasteiger partial charge in [-0.3, -0.25) is 0 Å². The third-order valence-electron chi connectivity index (χ3n) is 2.87. The number of ether oxygens (including phenoxy) is 2. The number of fused-ring (bicyclic) bond motifs is 1. The first kappa shape index (κ1) is 14.6. The third kappa shape index (κ3) is 2.68. The van der Waals surface area contributed by atoms with Crippen LogP contribution in [0.2, 0.25) is 0 Å². The molecule has 4 heteroatoms. The molecule has 3 nitrogen and oxygen atoms in total. The highest BCUT2D eigenvalue weighted by atomic mass is 35.5. The first-order valence-corrected chi connectivity index (χ1v) is 5.64. The number of methoxy groups -OCH3 is 2. The summed E-state index contributed by atoms with van der Waals surface area (Å²) >= 11 is 0. The Kier molecular flexibility index (Phi) is 5.25. The SMILES string of the molecule is COc1cc(OC)c2c(CCN)cccc2c1.Cl. The Labute approximate surface area is 113 Å². The lowest BCUT2D eigenvalue weighted by Gasteiger charge is -2.12. The van der Waals surface area contributed by atoms with Gasteiger partial charge in [-0.05, 0) is 30.0 Å². The maximum absolute atomic E-state index is 5.63. The molecule has 2 aromatic carbocycles. The Morgan fingerprint density at radius 2 is 1.89 bits per heavy atom. The highest BCUT2D eigenvalue weighted by Gasteiger charge is 2.08. The maximum atomic E-state index is 5.63. The summed E-state index contributed by atoms with van der Waals surface area (Å²) in [6.45, 7) is 0.633. The number of nitrogens with two attached hydrogens (primary N) is 1. The van der Waals surface area contributed by atoms with Crippen molar-refractivity contribution >= 4 is 23.2 Å². The van der Waals surface area contributed by atoms with Crippen LogP contribution in [0.3, 0.4) is 0 Å². The molecule has 0 fully saturated rings. The van der Waals surface area contributed by atoms with E-state index in [1.807, 2.05) is 18.2 Å². The fourth-order valence-corrected chi connectivity index (χ4v) is 2.08. The van der Waals surface area contributed by atoms with Crippen LogP contribution in [0.15, 0.2) is 30.3 Å². The molecule has 2 N–H and O–H groups in total. The van der Waals surface area contributed by atoms with Gasteiger partial charge in [0.1, 0.15) is 11.5 Å². The second-order valence-electron chi connectivity index (χ2n) is 3.88. The normalized spacial score (nSPS) is 9.94. The summed E-state index contributed by atoms with van der Waals surface area (Å²) in [4.78, 5) is 0. The van der Waals surface area contributed by atoms with Crippen LogP contribution in [-0.2, 0) is 6.42 Å². The lowest BCUT2D eigenvalue weighted by Crippen LogP contribution is -2.03. The van der Waals surface area contributed by atoms with Crippen molar-refractivity contribution in [2.24, 2.45) is 5.73 Å². The molecule has 0 heterocycles. The summed E-state index contributed by atoms with van der Waals surface area (Å²) in [5.41, 5.74) is 6.85. The highest BCUT2D eigenvalue weighted by molar-refractivity contribution is 5.92. The summed E-state index contributed by atoms with van der Waals surface area (Å²) in [5, 5.41) is 2.24. The van der Waals surface area contributed by atoms with Crippen LogP contribution in [0.25, 0.3) is 10.8 Å². The van der Waals surface area contributed by atoms with E-state index in [1.54, 1.807) is 14.2 Å². The average Bonchev–Trinajstić information content (AvgIpc) is 2.38. The van der Waals surface area contributed by atoms with Gasteiger partial charge in [0.15, 0.2) is 0 Å². The van der Waals surface area contributed by atoms with E-state index in [4.69, 9.17) is 15.2 Å². The molecule has 0 atom stereocenters. The number of benzene rings is 2. The van der Waals surface area contributed by atoms with Crippen molar-refractivity contribution in [3.05, 3.63) is 35.9 Å². The topological polar surface area (TPSA) is 44.5 Å². The molecule has 0 saturated heterocycles. The molecule has 0 aliphatic carbocycles. The van der Waals surface area contributed by atoms with Crippen LogP contribution in [0.4, 0.5) is 0 Å². The van der Waals surface area contributed by atoms with E-state index in [0.717, 1.165) is 28.7 Å². The van der Waals surface area contributed by atoms with Gasteiger partial charge in [-0.15, -0.1) is 12.4 Å². The maximum Gasteiger partial charge on any atom is 0.130 e. The molecular weight excluding hydrogens is 250 g/mol. The molecule has 0 aliphatic heterocycles. The number of halogens is 1. The van der Waals surface area contributed by atoms with Crippen molar-refractivity contribution in [1.82, 2.24) is 0 Å². The van der Waals surface area contributed by atoms with E-state index in [9.17, 15) is 0 Å². The van der Waals surface area contributed by atoms with E-state index in [2.05, 4.69) is 12.1 Å². The Morgan fingerprint density at radius 3 is 2.50 bits per heavy atom. The highest BCUT2D eigenvalue weighted by Crippen LogP contribution is 2.33. The van der Waals surface area contributed by atoms with Gasteiger partial charge in [0.2, 0.25) is 0 Å². The summed E-state index contributed by atoms with van der Waals surface area (Å²) < 4.78 is 10.7. The molecule has 2 rings (SSSR count). The van der Waals surface area contributed by atoms with E-state index in [0.29, 0.717) is 6.54 Å². The van der Waals surface area contributed by atoms with E-state index < -0.39 is 0 Å². The standard InChI is InChI=1S/C14H17NO2.ClH/c1-16-12-8-11-5-3-4-10(6-7-15)14(11)13(9-12)17-2;/h3-5,8-9H,6-7,15H2,1-2H3;1H.